The average molecular weight is 260 g/mol. The molecular formula is C13H16N4O2. The van der Waals surface area contributed by atoms with Crippen molar-refractivity contribution in [2.24, 2.45) is 11.7 Å². The second-order valence-electron chi connectivity index (χ2n) is 4.66. The molecule has 1 aromatic heterocycles. The van der Waals surface area contributed by atoms with Crippen molar-refractivity contribution >= 4 is 11.5 Å². The summed E-state index contributed by atoms with van der Waals surface area (Å²) < 4.78 is 0. The molecule has 1 atom stereocenters. The molecule has 0 amide bonds. The summed E-state index contributed by atoms with van der Waals surface area (Å²) in [6.07, 6.45) is 3.35. The van der Waals surface area contributed by atoms with Gasteiger partial charge >= 0.3 is 0 Å². The molecule has 100 valence electrons. The van der Waals surface area contributed by atoms with Gasteiger partial charge in [0.25, 0.3) is 5.56 Å². The molecule has 0 bridgehead atoms. The molecule has 6 nitrogen and oxygen atoms in total. The minimum atomic E-state index is -0.532. The minimum absolute atomic E-state index is 0.114. The van der Waals surface area contributed by atoms with Crippen LogP contribution in [0.2, 0.25) is 0 Å². The predicted octanol–water partition coefficient (Wildman–Crippen LogP) is 0.191. The Balaban J connectivity index is 2.42. The summed E-state index contributed by atoms with van der Waals surface area (Å²) in [6.45, 7) is 3.53. The maximum Gasteiger partial charge on any atom is 0.269 e. The zero-order valence-corrected chi connectivity index (χ0v) is 10.9. The number of allylic oxidation sites excluding steroid dienone is 4. The lowest BCUT2D eigenvalue weighted by atomic mass is 9.86. The van der Waals surface area contributed by atoms with Crippen LogP contribution in [0.15, 0.2) is 28.2 Å². The number of carbonyl (C=O) groups is 1. The molecule has 1 aliphatic rings. The van der Waals surface area contributed by atoms with Crippen LogP contribution in [0, 0.1) is 12.8 Å². The number of aryl methyl sites for hydroxylation is 1. The van der Waals surface area contributed by atoms with Crippen LogP contribution in [0.25, 0.3) is 0 Å². The molecule has 5 N–H and O–H groups in total. The van der Waals surface area contributed by atoms with Gasteiger partial charge in [-0.3, -0.25) is 9.59 Å². The molecule has 0 aromatic carbocycles. The molecule has 0 radical (unpaired) electrons. The van der Waals surface area contributed by atoms with E-state index >= 15 is 0 Å². The first-order valence-electron chi connectivity index (χ1n) is 5.93. The van der Waals surface area contributed by atoms with Crippen LogP contribution >= 0.6 is 0 Å². The van der Waals surface area contributed by atoms with E-state index in [1.54, 1.807) is 13.0 Å². The Morgan fingerprint density at radius 3 is 2.63 bits per heavy atom. The SMILES string of the molecule is CC1=C(N)C(Cc2c(N)c(C)n[nH]c2=O)C(=O)C=C1. The van der Waals surface area contributed by atoms with Gasteiger partial charge in [0, 0.05) is 11.3 Å². The lowest BCUT2D eigenvalue weighted by Crippen LogP contribution is -2.29. The Morgan fingerprint density at radius 2 is 1.95 bits per heavy atom. The highest BCUT2D eigenvalue weighted by Gasteiger charge is 2.26. The summed E-state index contributed by atoms with van der Waals surface area (Å²) in [4.78, 5) is 23.7. The topological polar surface area (TPSA) is 115 Å². The maximum absolute atomic E-state index is 11.9. The van der Waals surface area contributed by atoms with Gasteiger partial charge in [0.2, 0.25) is 0 Å². The molecular weight excluding hydrogens is 244 g/mol. The molecule has 1 aromatic rings. The lowest BCUT2D eigenvalue weighted by molar-refractivity contribution is -0.117. The van der Waals surface area contributed by atoms with Gasteiger partial charge in [0.15, 0.2) is 5.78 Å². The second kappa shape index (κ2) is 4.72. The number of aromatic amines is 1. The third-order valence-electron chi connectivity index (χ3n) is 3.39. The van der Waals surface area contributed by atoms with Crippen molar-refractivity contribution in [2.75, 3.05) is 5.73 Å². The molecule has 19 heavy (non-hydrogen) atoms. The molecule has 2 rings (SSSR count). The number of ketones is 1. The number of H-pyrrole nitrogens is 1. The number of nitrogens with two attached hydrogens (primary N) is 2. The summed E-state index contributed by atoms with van der Waals surface area (Å²) in [6, 6.07) is 0. The van der Waals surface area contributed by atoms with E-state index in [1.807, 2.05) is 6.92 Å². The highest BCUT2D eigenvalue weighted by molar-refractivity contribution is 5.96. The molecule has 1 heterocycles. The van der Waals surface area contributed by atoms with Crippen molar-refractivity contribution in [2.45, 2.75) is 20.3 Å². The summed E-state index contributed by atoms with van der Waals surface area (Å²) in [5.41, 5.74) is 14.0. The highest BCUT2D eigenvalue weighted by Crippen LogP contribution is 2.24. The first-order valence-corrected chi connectivity index (χ1v) is 5.93. The molecule has 0 fully saturated rings. The monoisotopic (exact) mass is 260 g/mol. The van der Waals surface area contributed by atoms with Gasteiger partial charge in [-0.2, -0.15) is 5.10 Å². The molecule has 0 spiro atoms. The van der Waals surface area contributed by atoms with E-state index in [0.29, 0.717) is 22.6 Å². The number of nitrogens with one attached hydrogen (secondary N) is 1. The van der Waals surface area contributed by atoms with E-state index in [1.165, 1.54) is 6.08 Å². The van der Waals surface area contributed by atoms with Crippen molar-refractivity contribution < 1.29 is 4.79 Å². The zero-order chi connectivity index (χ0) is 14.2. The van der Waals surface area contributed by atoms with Crippen LogP contribution in [-0.2, 0) is 11.2 Å². The summed E-state index contributed by atoms with van der Waals surface area (Å²) in [5, 5.41) is 6.15. The molecule has 1 aliphatic carbocycles. The van der Waals surface area contributed by atoms with Crippen LogP contribution in [-0.4, -0.2) is 16.0 Å². The van der Waals surface area contributed by atoms with Gasteiger partial charge in [-0.1, -0.05) is 6.08 Å². The fourth-order valence-electron chi connectivity index (χ4n) is 2.07. The number of nitrogen functional groups attached to an aromatic ring is 1. The first-order chi connectivity index (χ1) is 8.91. The third-order valence-corrected chi connectivity index (χ3v) is 3.39. The molecule has 0 saturated heterocycles. The van der Waals surface area contributed by atoms with Gasteiger partial charge in [-0.25, -0.2) is 5.10 Å². The Labute approximate surface area is 110 Å². The third kappa shape index (κ3) is 2.29. The first kappa shape index (κ1) is 13.1. The van der Waals surface area contributed by atoms with E-state index in [9.17, 15) is 9.59 Å². The van der Waals surface area contributed by atoms with Gasteiger partial charge in [-0.15, -0.1) is 0 Å². The van der Waals surface area contributed by atoms with E-state index in [0.717, 1.165) is 5.57 Å². The number of hydrogen-bond acceptors (Lipinski definition) is 5. The zero-order valence-electron chi connectivity index (χ0n) is 10.9. The second-order valence-corrected chi connectivity index (χ2v) is 4.66. The van der Waals surface area contributed by atoms with Crippen LogP contribution in [0.3, 0.4) is 0 Å². The van der Waals surface area contributed by atoms with Crippen molar-refractivity contribution in [3.05, 3.63) is 45.0 Å². The molecule has 0 saturated carbocycles. The number of nitrogens with zero attached hydrogens (tertiary/aromatic N) is 1. The largest absolute Gasteiger partial charge is 0.401 e. The molecule has 6 heteroatoms. The standard InChI is InChI=1S/C13H16N4O2/c1-6-3-4-10(18)8(11(6)14)5-9-12(15)7(2)16-17-13(9)19/h3-4,8H,5,14H2,1-2H3,(H3,15,17,19). The Morgan fingerprint density at radius 1 is 1.26 bits per heavy atom. The Kier molecular flexibility index (Phi) is 3.25. The fraction of sp³-hybridized carbons (Fsp3) is 0.308. The Bertz CT molecular complexity index is 655. The van der Waals surface area contributed by atoms with E-state index in [2.05, 4.69) is 10.2 Å². The van der Waals surface area contributed by atoms with Crippen molar-refractivity contribution in [3.8, 4) is 0 Å². The van der Waals surface area contributed by atoms with Crippen molar-refractivity contribution in [1.29, 1.82) is 0 Å². The molecule has 0 aliphatic heterocycles. The van der Waals surface area contributed by atoms with Gasteiger partial charge < -0.3 is 11.5 Å². The quantitative estimate of drug-likeness (QED) is 0.702. The van der Waals surface area contributed by atoms with Gasteiger partial charge in [0.05, 0.1) is 17.3 Å². The van der Waals surface area contributed by atoms with Gasteiger partial charge in [0.1, 0.15) is 0 Å². The number of hydrogen-bond donors (Lipinski definition) is 3. The minimum Gasteiger partial charge on any atom is -0.401 e. The highest BCUT2D eigenvalue weighted by atomic mass is 16.1. The number of rotatable bonds is 2. The predicted molar refractivity (Wildman–Crippen MR) is 72.2 cm³/mol. The van der Waals surface area contributed by atoms with Crippen LogP contribution in [0.5, 0.6) is 0 Å². The average Bonchev–Trinajstić information content (AvgIpc) is 2.38. The van der Waals surface area contributed by atoms with Crippen molar-refractivity contribution in [3.63, 3.8) is 0 Å². The van der Waals surface area contributed by atoms with E-state index in [4.69, 9.17) is 11.5 Å². The number of aromatic nitrogens is 2. The van der Waals surface area contributed by atoms with E-state index < -0.39 is 5.92 Å². The summed E-state index contributed by atoms with van der Waals surface area (Å²) >= 11 is 0. The van der Waals surface area contributed by atoms with Crippen LogP contribution in [0.4, 0.5) is 5.69 Å². The van der Waals surface area contributed by atoms with Crippen molar-refractivity contribution in [1.82, 2.24) is 10.2 Å². The lowest BCUT2D eigenvalue weighted by Gasteiger charge is -2.20. The van der Waals surface area contributed by atoms with Crippen LogP contribution in [0.1, 0.15) is 18.2 Å². The fourth-order valence-corrected chi connectivity index (χ4v) is 2.07. The smallest absolute Gasteiger partial charge is 0.269 e. The summed E-state index contributed by atoms with van der Waals surface area (Å²) in [5.74, 6) is -0.647. The van der Waals surface area contributed by atoms with E-state index in [-0.39, 0.29) is 17.8 Å². The Hall–Kier alpha value is -2.37. The normalized spacial score (nSPS) is 19.1. The number of anilines is 1. The summed E-state index contributed by atoms with van der Waals surface area (Å²) in [7, 11) is 0. The number of carbonyl (C=O) groups excluding carboxylic acids is 1. The molecule has 1 unspecified atom stereocenters. The maximum atomic E-state index is 11.9. The van der Waals surface area contributed by atoms with Gasteiger partial charge in [-0.05, 0) is 31.9 Å². The van der Waals surface area contributed by atoms with Crippen LogP contribution < -0.4 is 17.0 Å².